The van der Waals surface area contributed by atoms with Gasteiger partial charge in [0.25, 0.3) is 0 Å². The molecule has 4 amide bonds. The van der Waals surface area contributed by atoms with E-state index in [0.29, 0.717) is 54.1 Å². The second-order valence-corrected chi connectivity index (χ2v) is 16.1. The first-order valence-electron chi connectivity index (χ1n) is 19.6. The number of hydrogen-bond acceptors (Lipinski definition) is 4. The lowest BCUT2D eigenvalue weighted by molar-refractivity contribution is -0.122. The van der Waals surface area contributed by atoms with Crippen molar-refractivity contribution in [2.75, 3.05) is 0 Å². The van der Waals surface area contributed by atoms with Crippen LogP contribution in [0.15, 0.2) is 0 Å². The van der Waals surface area contributed by atoms with Gasteiger partial charge in [0.1, 0.15) is 11.6 Å². The van der Waals surface area contributed by atoms with E-state index >= 15 is 0 Å². The Balaban J connectivity index is 0.881. The van der Waals surface area contributed by atoms with E-state index in [1.54, 1.807) is 0 Å². The second-order valence-electron chi connectivity index (χ2n) is 16.1. The smallest absolute Gasteiger partial charge is 0.315 e. The molecule has 5 saturated carbocycles. The first kappa shape index (κ1) is 35.2. The number of carbonyl (C=O) groups excluding carboxylic acids is 4. The lowest BCUT2D eigenvalue weighted by Gasteiger charge is -2.32. The fourth-order valence-electron chi connectivity index (χ4n) is 9.45. The van der Waals surface area contributed by atoms with Crippen molar-refractivity contribution in [3.05, 3.63) is 0 Å². The van der Waals surface area contributed by atoms with Gasteiger partial charge in [-0.15, -0.1) is 0 Å². The Hall–Kier alpha value is -2.12. The van der Waals surface area contributed by atoms with Crippen LogP contribution in [0.5, 0.6) is 0 Å². The molecule has 0 radical (unpaired) electrons. The molecule has 0 aromatic carbocycles. The van der Waals surface area contributed by atoms with Crippen LogP contribution in [0.3, 0.4) is 0 Å². The predicted molar refractivity (Wildman–Crippen MR) is 183 cm³/mol. The molecule has 260 valence electrons. The van der Waals surface area contributed by atoms with Gasteiger partial charge in [0.05, 0.1) is 0 Å². The third-order valence-corrected chi connectivity index (χ3v) is 12.3. The Kier molecular flexibility index (Phi) is 14.1. The van der Waals surface area contributed by atoms with E-state index in [0.717, 1.165) is 103 Å². The number of Topliss-reactive ketones (excluding diaryl/α,β-unsaturated/α-hetero) is 2. The maximum Gasteiger partial charge on any atom is 0.315 e. The van der Waals surface area contributed by atoms with Crippen molar-refractivity contribution in [3.8, 4) is 0 Å². The Morgan fingerprint density at radius 2 is 0.587 bits per heavy atom. The third kappa shape index (κ3) is 12.2. The standard InChI is InChI=1S/C38H64N4O4/c43-35(23-27-7-3-1-4-8-27)24-28-11-19-33(20-12-28)41-38(46)42-34-21-15-30(16-22-34)26-36(44)25-29-13-17-32(18-14-29)40-37(45)39-31-9-5-2-6-10-31/h27-34H,1-26H2,(H2,39,40,45)(H2,41,42,46). The first-order chi connectivity index (χ1) is 22.4. The Morgan fingerprint density at radius 1 is 0.326 bits per heavy atom. The van der Waals surface area contributed by atoms with Gasteiger partial charge in [-0.05, 0) is 114 Å². The van der Waals surface area contributed by atoms with Gasteiger partial charge >= 0.3 is 12.1 Å². The van der Waals surface area contributed by atoms with Gasteiger partial charge in [-0.1, -0.05) is 51.4 Å². The molecule has 4 N–H and O–H groups in total. The van der Waals surface area contributed by atoms with E-state index in [1.165, 1.54) is 51.4 Å². The van der Waals surface area contributed by atoms with Gasteiger partial charge in [-0.2, -0.15) is 0 Å². The van der Waals surface area contributed by atoms with Crippen LogP contribution in [0.4, 0.5) is 9.59 Å². The molecule has 0 aromatic heterocycles. The Bertz CT molecular complexity index is 889. The van der Waals surface area contributed by atoms with Gasteiger partial charge in [0.15, 0.2) is 0 Å². The van der Waals surface area contributed by atoms with Crippen molar-refractivity contribution in [1.29, 1.82) is 0 Å². The van der Waals surface area contributed by atoms with E-state index in [2.05, 4.69) is 21.3 Å². The van der Waals surface area contributed by atoms with Crippen molar-refractivity contribution >= 4 is 23.6 Å². The molecular formula is C38H64N4O4. The Morgan fingerprint density at radius 3 is 0.913 bits per heavy atom. The van der Waals surface area contributed by atoms with Crippen molar-refractivity contribution in [2.45, 2.75) is 191 Å². The second kappa shape index (κ2) is 18.4. The lowest BCUT2D eigenvalue weighted by atomic mass is 9.79. The minimum atomic E-state index is -0.0482. The number of carbonyl (C=O) groups is 4. The fourth-order valence-corrected chi connectivity index (χ4v) is 9.45. The van der Waals surface area contributed by atoms with Crippen LogP contribution in [-0.4, -0.2) is 47.8 Å². The van der Waals surface area contributed by atoms with Gasteiger partial charge in [-0.3, -0.25) is 9.59 Å². The molecule has 0 saturated heterocycles. The Labute approximate surface area is 278 Å². The molecule has 0 bridgehead atoms. The molecular weight excluding hydrogens is 576 g/mol. The predicted octanol–water partition coefficient (Wildman–Crippen LogP) is 7.87. The number of rotatable bonds is 12. The molecule has 5 aliphatic carbocycles. The number of urea groups is 2. The highest BCUT2D eigenvalue weighted by Gasteiger charge is 2.29. The average Bonchev–Trinajstić information content (AvgIpc) is 3.05. The van der Waals surface area contributed by atoms with Crippen LogP contribution in [0, 0.1) is 23.7 Å². The molecule has 0 heterocycles. The molecule has 0 unspecified atom stereocenters. The topological polar surface area (TPSA) is 116 Å². The van der Waals surface area contributed by atoms with Crippen LogP contribution >= 0.6 is 0 Å². The zero-order valence-electron chi connectivity index (χ0n) is 28.6. The summed E-state index contributed by atoms with van der Waals surface area (Å²) in [5.41, 5.74) is 0. The van der Waals surface area contributed by atoms with Crippen molar-refractivity contribution in [3.63, 3.8) is 0 Å². The zero-order valence-corrected chi connectivity index (χ0v) is 28.6. The van der Waals surface area contributed by atoms with E-state index in [1.807, 2.05) is 0 Å². The highest BCUT2D eigenvalue weighted by Crippen LogP contribution is 2.33. The minimum Gasteiger partial charge on any atom is -0.335 e. The normalized spacial score (nSPS) is 31.4. The highest BCUT2D eigenvalue weighted by molar-refractivity contribution is 5.79. The summed E-state index contributed by atoms with van der Waals surface area (Å²) in [6.07, 6.45) is 27.1. The molecule has 5 aliphatic rings. The van der Waals surface area contributed by atoms with E-state index in [-0.39, 0.29) is 30.2 Å². The largest absolute Gasteiger partial charge is 0.335 e. The van der Waals surface area contributed by atoms with Crippen molar-refractivity contribution < 1.29 is 19.2 Å². The molecule has 8 nitrogen and oxygen atoms in total. The molecule has 46 heavy (non-hydrogen) atoms. The van der Waals surface area contributed by atoms with Crippen LogP contribution in [0.25, 0.3) is 0 Å². The van der Waals surface area contributed by atoms with Crippen LogP contribution in [0.1, 0.15) is 167 Å². The maximum atomic E-state index is 12.9. The van der Waals surface area contributed by atoms with Gasteiger partial charge in [0.2, 0.25) is 0 Å². The summed E-state index contributed by atoms with van der Waals surface area (Å²) in [4.78, 5) is 50.7. The average molecular weight is 641 g/mol. The zero-order chi connectivity index (χ0) is 32.1. The van der Waals surface area contributed by atoms with Crippen LogP contribution in [-0.2, 0) is 9.59 Å². The monoisotopic (exact) mass is 640 g/mol. The molecule has 5 fully saturated rings. The number of ketones is 2. The molecule has 5 rings (SSSR count). The van der Waals surface area contributed by atoms with Crippen molar-refractivity contribution in [2.24, 2.45) is 23.7 Å². The molecule has 0 atom stereocenters. The minimum absolute atomic E-state index is 0.00900. The molecule has 8 heteroatoms. The molecule has 0 aliphatic heterocycles. The summed E-state index contributed by atoms with van der Waals surface area (Å²) in [5, 5.41) is 12.8. The first-order valence-corrected chi connectivity index (χ1v) is 19.6. The summed E-state index contributed by atoms with van der Waals surface area (Å²) in [7, 11) is 0. The molecule has 0 spiro atoms. The van der Waals surface area contributed by atoms with Crippen molar-refractivity contribution in [1.82, 2.24) is 21.3 Å². The SMILES string of the molecule is O=C(CC1CCCCC1)CC1CCC(NC(=O)NC2CCC(CC(=O)CC3CCC(NC(=O)NC4CCCCC4)CC3)CC2)CC1. The van der Waals surface area contributed by atoms with Gasteiger partial charge in [0, 0.05) is 49.9 Å². The summed E-state index contributed by atoms with van der Waals surface area (Å²) < 4.78 is 0. The van der Waals surface area contributed by atoms with E-state index in [4.69, 9.17) is 0 Å². The van der Waals surface area contributed by atoms with Gasteiger partial charge in [-0.25, -0.2) is 9.59 Å². The summed E-state index contributed by atoms with van der Waals surface area (Å²) >= 11 is 0. The summed E-state index contributed by atoms with van der Waals surface area (Å²) in [6.45, 7) is 0. The van der Waals surface area contributed by atoms with Crippen LogP contribution < -0.4 is 21.3 Å². The van der Waals surface area contributed by atoms with E-state index < -0.39 is 0 Å². The quantitative estimate of drug-likeness (QED) is 0.174. The van der Waals surface area contributed by atoms with Crippen LogP contribution in [0.2, 0.25) is 0 Å². The number of nitrogens with one attached hydrogen (secondary N) is 4. The summed E-state index contributed by atoms with van der Waals surface area (Å²) in [5.74, 6) is 2.87. The highest BCUT2D eigenvalue weighted by atomic mass is 16.2. The maximum absolute atomic E-state index is 12.9. The summed E-state index contributed by atoms with van der Waals surface area (Å²) in [6, 6.07) is 0.913. The molecule has 0 aromatic rings. The van der Waals surface area contributed by atoms with Gasteiger partial charge < -0.3 is 21.3 Å². The number of amides is 4. The lowest BCUT2D eigenvalue weighted by Crippen LogP contribution is -2.48. The fraction of sp³-hybridized carbons (Fsp3) is 0.895. The third-order valence-electron chi connectivity index (χ3n) is 12.3. The van der Waals surface area contributed by atoms with E-state index in [9.17, 15) is 19.2 Å². The number of hydrogen-bond donors (Lipinski definition) is 4.